The van der Waals surface area contributed by atoms with Crippen molar-refractivity contribution >= 4 is 0 Å². The van der Waals surface area contributed by atoms with Gasteiger partial charge in [0.05, 0.1) is 12.6 Å². The number of nitrogens with zero attached hydrogens (tertiary/aromatic N) is 1. The second-order valence-electron chi connectivity index (χ2n) is 6.21. The molecule has 0 radical (unpaired) electrons. The smallest absolute Gasteiger partial charge is 0.203 e. The second kappa shape index (κ2) is 5.77. The molecule has 0 aliphatic carbocycles. The van der Waals surface area contributed by atoms with Gasteiger partial charge in [-0.15, -0.1) is 0 Å². The van der Waals surface area contributed by atoms with Gasteiger partial charge in [0.1, 0.15) is 11.8 Å². The van der Waals surface area contributed by atoms with E-state index in [4.69, 9.17) is 14.4 Å². The predicted octanol–water partition coefficient (Wildman–Crippen LogP) is 2.69. The molecule has 1 N–H and O–H groups in total. The van der Waals surface area contributed by atoms with Crippen molar-refractivity contribution in [3.05, 3.63) is 23.7 Å². The van der Waals surface area contributed by atoms with Crippen LogP contribution in [0.3, 0.4) is 0 Å². The lowest BCUT2D eigenvalue weighted by Crippen LogP contribution is -2.36. The number of rotatable bonds is 4. The Bertz CT molecular complexity index is 453. The molecule has 1 aromatic rings. The van der Waals surface area contributed by atoms with Crippen LogP contribution in [0.2, 0.25) is 0 Å². The van der Waals surface area contributed by atoms with Crippen molar-refractivity contribution in [3.63, 3.8) is 0 Å². The minimum Gasteiger partial charge on any atom is -0.449 e. The lowest BCUT2D eigenvalue weighted by Gasteiger charge is -2.31. The van der Waals surface area contributed by atoms with Crippen LogP contribution in [0.5, 0.6) is 0 Å². The van der Waals surface area contributed by atoms with Crippen LogP contribution < -0.4 is 5.32 Å². The quantitative estimate of drug-likeness (QED) is 0.906. The molecule has 0 saturated carbocycles. The molecule has 2 rings (SSSR count). The first-order chi connectivity index (χ1) is 9.00. The maximum absolute atomic E-state index is 8.69. The van der Waals surface area contributed by atoms with E-state index in [1.54, 1.807) is 6.07 Å². The number of nitrogens with one attached hydrogen (secondary N) is 1. The van der Waals surface area contributed by atoms with E-state index in [0.717, 1.165) is 25.3 Å². The number of hydrogen-bond acceptors (Lipinski definition) is 4. The average Bonchev–Trinajstić information content (AvgIpc) is 2.96. The molecule has 0 amide bonds. The Morgan fingerprint density at radius 2 is 2.21 bits per heavy atom. The molecule has 1 aliphatic heterocycles. The van der Waals surface area contributed by atoms with Gasteiger partial charge in [-0.2, -0.15) is 5.26 Å². The molecule has 1 aliphatic rings. The summed E-state index contributed by atoms with van der Waals surface area (Å²) >= 11 is 0. The molecule has 1 saturated heterocycles. The topological polar surface area (TPSA) is 58.2 Å². The molecule has 0 bridgehead atoms. The van der Waals surface area contributed by atoms with Crippen molar-refractivity contribution in [2.45, 2.75) is 39.8 Å². The SMILES string of the molecule is CC(C)(C)[C@H]1OCC[C@@H]1CNCc1ccc(C#N)o1. The molecule has 0 unspecified atom stereocenters. The molecule has 4 heteroatoms. The summed E-state index contributed by atoms with van der Waals surface area (Å²) in [6, 6.07) is 5.54. The highest BCUT2D eigenvalue weighted by Gasteiger charge is 2.36. The van der Waals surface area contributed by atoms with Gasteiger partial charge in [-0.1, -0.05) is 20.8 Å². The van der Waals surface area contributed by atoms with Gasteiger partial charge in [0.2, 0.25) is 5.76 Å². The monoisotopic (exact) mass is 262 g/mol. The van der Waals surface area contributed by atoms with Crippen LogP contribution >= 0.6 is 0 Å². The zero-order valence-corrected chi connectivity index (χ0v) is 11.9. The molecule has 104 valence electrons. The van der Waals surface area contributed by atoms with Crippen molar-refractivity contribution in [1.29, 1.82) is 5.26 Å². The molecule has 0 spiro atoms. The highest BCUT2D eigenvalue weighted by molar-refractivity contribution is 5.18. The van der Waals surface area contributed by atoms with E-state index in [2.05, 4.69) is 26.1 Å². The number of furan rings is 1. The Labute approximate surface area is 114 Å². The second-order valence-corrected chi connectivity index (χ2v) is 6.21. The van der Waals surface area contributed by atoms with Gasteiger partial charge in [0, 0.05) is 19.1 Å². The first-order valence-corrected chi connectivity index (χ1v) is 6.82. The molecule has 1 aromatic heterocycles. The van der Waals surface area contributed by atoms with Crippen LogP contribution in [0.4, 0.5) is 0 Å². The van der Waals surface area contributed by atoms with Crippen molar-refractivity contribution in [2.75, 3.05) is 13.2 Å². The van der Waals surface area contributed by atoms with Crippen LogP contribution in [0, 0.1) is 22.7 Å². The fourth-order valence-corrected chi connectivity index (χ4v) is 2.71. The lowest BCUT2D eigenvalue weighted by atomic mass is 9.81. The average molecular weight is 262 g/mol. The maximum Gasteiger partial charge on any atom is 0.203 e. The normalized spacial score (nSPS) is 23.5. The summed E-state index contributed by atoms with van der Waals surface area (Å²) in [4.78, 5) is 0. The Balaban J connectivity index is 1.81. The van der Waals surface area contributed by atoms with Crippen LogP contribution in [-0.2, 0) is 11.3 Å². The van der Waals surface area contributed by atoms with Crippen LogP contribution in [0.25, 0.3) is 0 Å². The Morgan fingerprint density at radius 3 is 2.84 bits per heavy atom. The minimum absolute atomic E-state index is 0.182. The van der Waals surface area contributed by atoms with E-state index in [1.165, 1.54) is 0 Å². The molecule has 4 nitrogen and oxygen atoms in total. The Hall–Kier alpha value is -1.31. The predicted molar refractivity (Wildman–Crippen MR) is 72.4 cm³/mol. The van der Waals surface area contributed by atoms with Gasteiger partial charge in [0.25, 0.3) is 0 Å². The highest BCUT2D eigenvalue weighted by Crippen LogP contribution is 2.34. The van der Waals surface area contributed by atoms with Gasteiger partial charge in [0.15, 0.2) is 0 Å². The van der Waals surface area contributed by atoms with Gasteiger partial charge in [-0.3, -0.25) is 0 Å². The fraction of sp³-hybridized carbons (Fsp3) is 0.667. The van der Waals surface area contributed by atoms with E-state index >= 15 is 0 Å². The van der Waals surface area contributed by atoms with E-state index in [9.17, 15) is 0 Å². The standard InChI is InChI=1S/C15H22N2O2/c1-15(2,3)14-11(6-7-18-14)9-17-10-13-5-4-12(8-16)19-13/h4-5,11,14,17H,6-7,9-10H2,1-3H3/t11-,14+/m1/s1. The van der Waals surface area contributed by atoms with Crippen LogP contribution in [-0.4, -0.2) is 19.3 Å². The van der Waals surface area contributed by atoms with Crippen molar-refractivity contribution < 1.29 is 9.15 Å². The first kappa shape index (κ1) is 14.1. The molecular weight excluding hydrogens is 240 g/mol. The number of nitriles is 1. The van der Waals surface area contributed by atoms with E-state index in [0.29, 0.717) is 24.3 Å². The zero-order valence-electron chi connectivity index (χ0n) is 11.9. The first-order valence-electron chi connectivity index (χ1n) is 6.82. The summed E-state index contributed by atoms with van der Waals surface area (Å²) in [5, 5.41) is 12.1. The third-order valence-electron chi connectivity index (χ3n) is 3.55. The highest BCUT2D eigenvalue weighted by atomic mass is 16.5. The summed E-state index contributed by atoms with van der Waals surface area (Å²) in [5.74, 6) is 1.72. The van der Waals surface area contributed by atoms with Crippen molar-refractivity contribution in [2.24, 2.45) is 11.3 Å². The molecule has 1 fully saturated rings. The van der Waals surface area contributed by atoms with Crippen LogP contribution in [0.15, 0.2) is 16.5 Å². The van der Waals surface area contributed by atoms with Gasteiger partial charge >= 0.3 is 0 Å². The van der Waals surface area contributed by atoms with Crippen LogP contribution in [0.1, 0.15) is 38.7 Å². The van der Waals surface area contributed by atoms with Gasteiger partial charge in [-0.05, 0) is 24.0 Å². The zero-order chi connectivity index (χ0) is 13.9. The largest absolute Gasteiger partial charge is 0.449 e. The minimum atomic E-state index is 0.182. The third kappa shape index (κ3) is 3.59. The maximum atomic E-state index is 8.69. The Morgan fingerprint density at radius 1 is 1.42 bits per heavy atom. The molecule has 2 heterocycles. The van der Waals surface area contributed by atoms with E-state index < -0.39 is 0 Å². The van der Waals surface area contributed by atoms with Gasteiger partial charge < -0.3 is 14.5 Å². The summed E-state index contributed by atoms with van der Waals surface area (Å²) in [6.45, 7) is 9.11. The fourth-order valence-electron chi connectivity index (χ4n) is 2.71. The summed E-state index contributed by atoms with van der Waals surface area (Å²) < 4.78 is 11.2. The number of ether oxygens (including phenoxy) is 1. The summed E-state index contributed by atoms with van der Waals surface area (Å²) in [7, 11) is 0. The Kier molecular flexibility index (Phi) is 4.28. The summed E-state index contributed by atoms with van der Waals surface area (Å²) in [6.07, 6.45) is 1.42. The summed E-state index contributed by atoms with van der Waals surface area (Å²) in [5.41, 5.74) is 0.182. The molecule has 2 atom stereocenters. The molecular formula is C15H22N2O2. The number of hydrogen-bond donors (Lipinski definition) is 1. The van der Waals surface area contributed by atoms with E-state index in [-0.39, 0.29) is 5.41 Å². The van der Waals surface area contributed by atoms with E-state index in [1.807, 2.05) is 12.1 Å². The van der Waals surface area contributed by atoms with Crippen molar-refractivity contribution in [1.82, 2.24) is 5.32 Å². The molecule has 0 aromatic carbocycles. The van der Waals surface area contributed by atoms with Gasteiger partial charge in [-0.25, -0.2) is 0 Å². The lowest BCUT2D eigenvalue weighted by molar-refractivity contribution is 0.00714. The third-order valence-corrected chi connectivity index (χ3v) is 3.55. The van der Waals surface area contributed by atoms with Crippen molar-refractivity contribution in [3.8, 4) is 6.07 Å². The molecule has 19 heavy (non-hydrogen) atoms.